The van der Waals surface area contributed by atoms with Crippen LogP contribution in [0.4, 0.5) is 10.5 Å². The molecular formula is C38H54ClN5O11. The van der Waals surface area contributed by atoms with Crippen molar-refractivity contribution in [3.8, 4) is 5.75 Å². The number of likely N-dealkylation sites (N-methyl/N-ethyl adjacent to an activating group) is 2. The molecule has 0 aliphatic carbocycles. The molecule has 4 rings (SSSR count). The van der Waals surface area contributed by atoms with E-state index in [2.05, 4.69) is 16.0 Å². The average Bonchev–Trinajstić information content (AvgIpc) is 3.83. The molecular weight excluding hydrogens is 738 g/mol. The van der Waals surface area contributed by atoms with E-state index >= 15 is 0 Å². The summed E-state index contributed by atoms with van der Waals surface area (Å²) in [5.74, 6) is -2.15. The molecule has 0 saturated carbocycles. The number of rotatable bonds is 10. The average molecular weight is 792 g/mol. The Morgan fingerprint density at radius 1 is 1.24 bits per heavy atom. The SMILES string of the molecule is CNCC(=O)NCCC(=O)N(C)C(C)C(=O)OC1CC(=O)N(C)c2cc(cc(OC)c2Cl)C/C(C)=C/C=C/C(OC)C2(O)CC(OC(=O)N2)C(C)C2OC12C. The molecule has 17 heteroatoms. The first-order valence-corrected chi connectivity index (χ1v) is 18.5. The van der Waals surface area contributed by atoms with Gasteiger partial charge in [0, 0.05) is 46.5 Å². The fourth-order valence-electron chi connectivity index (χ4n) is 6.93. The van der Waals surface area contributed by atoms with E-state index in [1.165, 1.54) is 38.0 Å². The molecule has 2 saturated heterocycles. The molecule has 16 nitrogen and oxygen atoms in total. The minimum absolute atomic E-state index is 0.0592. The van der Waals surface area contributed by atoms with Gasteiger partial charge in [0.2, 0.25) is 17.7 Å². The number of fused-ring (bicyclic) bond motifs is 5. The van der Waals surface area contributed by atoms with Gasteiger partial charge in [0.25, 0.3) is 0 Å². The number of hydrogen-bond donors (Lipinski definition) is 4. The summed E-state index contributed by atoms with van der Waals surface area (Å²) in [6.07, 6.45) is 0.619. The van der Waals surface area contributed by atoms with E-state index in [9.17, 15) is 29.1 Å². The summed E-state index contributed by atoms with van der Waals surface area (Å²) >= 11 is 6.75. The van der Waals surface area contributed by atoms with Crippen molar-refractivity contribution in [1.82, 2.24) is 20.9 Å². The zero-order chi connectivity index (χ0) is 40.8. The smallest absolute Gasteiger partial charge is 0.409 e. The zero-order valence-corrected chi connectivity index (χ0v) is 33.7. The van der Waals surface area contributed by atoms with Gasteiger partial charge in [0.1, 0.15) is 40.7 Å². The number of carbonyl (C=O) groups excluding carboxylic acids is 5. The number of nitrogens with one attached hydrogen (secondary N) is 3. The highest BCUT2D eigenvalue weighted by Crippen LogP contribution is 2.49. The maximum absolute atomic E-state index is 14.1. The number of aliphatic hydroxyl groups is 1. The van der Waals surface area contributed by atoms with Crippen LogP contribution in [0.25, 0.3) is 0 Å². The summed E-state index contributed by atoms with van der Waals surface area (Å²) in [6.45, 7) is 7.04. The number of nitrogens with zero attached hydrogens (tertiary/aromatic N) is 2. The molecule has 1 aromatic carbocycles. The van der Waals surface area contributed by atoms with Crippen LogP contribution in [0.3, 0.4) is 0 Å². The van der Waals surface area contributed by atoms with Crippen LogP contribution in [0, 0.1) is 5.92 Å². The van der Waals surface area contributed by atoms with Gasteiger partial charge < -0.3 is 49.2 Å². The Morgan fingerprint density at radius 3 is 2.60 bits per heavy atom. The topological polar surface area (TPSA) is 198 Å². The summed E-state index contributed by atoms with van der Waals surface area (Å²) in [5, 5.41) is 19.8. The first-order valence-electron chi connectivity index (χ1n) is 18.1. The minimum Gasteiger partial charge on any atom is -0.495 e. The summed E-state index contributed by atoms with van der Waals surface area (Å²) in [7, 11) is 7.53. The van der Waals surface area contributed by atoms with Crippen LogP contribution < -0.4 is 25.6 Å². The molecule has 55 heavy (non-hydrogen) atoms. The van der Waals surface area contributed by atoms with Gasteiger partial charge >= 0.3 is 12.1 Å². The molecule has 0 aromatic heterocycles. The standard InChI is InChI=1S/C38H54ClN5O11/c1-21-11-10-12-28(52-9)38(50)19-27(53-36(49)42-38)22(2)34-37(4,55-34)29(18-32(47)44(7)25-16-24(15-21)17-26(51-8)33(25)39)54-35(48)23(3)43(6)31(46)13-14-41-30(45)20-40-5/h10-12,16-17,22-23,27-29,34,40,50H,13-15,18-20H2,1-9H3,(H,41,45)(H,42,49)/b12-10+,21-11+. The van der Waals surface area contributed by atoms with Gasteiger partial charge in [-0.05, 0) is 51.9 Å². The summed E-state index contributed by atoms with van der Waals surface area (Å²) in [6, 6.07) is 2.48. The van der Waals surface area contributed by atoms with Crippen LogP contribution in [0.5, 0.6) is 5.75 Å². The third-order valence-electron chi connectivity index (χ3n) is 10.5. The van der Waals surface area contributed by atoms with Crippen molar-refractivity contribution in [2.75, 3.05) is 53.4 Å². The number of alkyl carbamates (subject to hydrolysis) is 1. The van der Waals surface area contributed by atoms with Gasteiger partial charge in [-0.2, -0.15) is 0 Å². The van der Waals surface area contributed by atoms with Crippen molar-refractivity contribution in [2.45, 2.75) is 95.2 Å². The van der Waals surface area contributed by atoms with Gasteiger partial charge in [0.05, 0.1) is 31.9 Å². The van der Waals surface area contributed by atoms with E-state index in [-0.39, 0.29) is 43.3 Å². The number of carbonyl (C=O) groups is 5. The van der Waals surface area contributed by atoms with E-state index in [4.69, 9.17) is 35.3 Å². The van der Waals surface area contributed by atoms with E-state index in [0.717, 1.165) is 11.1 Å². The van der Waals surface area contributed by atoms with E-state index in [0.29, 0.717) is 17.9 Å². The quantitative estimate of drug-likeness (QED) is 0.200. The Kier molecular flexibility index (Phi) is 14.4. The number of ether oxygens (including phenoxy) is 5. The van der Waals surface area contributed by atoms with Gasteiger partial charge in [-0.15, -0.1) is 0 Å². The lowest BCUT2D eigenvalue weighted by molar-refractivity contribution is -0.162. The molecule has 0 radical (unpaired) electrons. The Labute approximate surface area is 326 Å². The number of allylic oxidation sites excluding steroid dienone is 3. The summed E-state index contributed by atoms with van der Waals surface area (Å²) in [4.78, 5) is 68.1. The third kappa shape index (κ3) is 10.2. The van der Waals surface area contributed by atoms with Gasteiger partial charge in [0.15, 0.2) is 5.72 Å². The van der Waals surface area contributed by atoms with Crippen molar-refractivity contribution in [2.24, 2.45) is 5.92 Å². The van der Waals surface area contributed by atoms with Crippen LogP contribution in [-0.4, -0.2) is 130 Å². The van der Waals surface area contributed by atoms with Crippen molar-refractivity contribution in [1.29, 1.82) is 0 Å². The second kappa shape index (κ2) is 18.2. The number of amides is 4. The summed E-state index contributed by atoms with van der Waals surface area (Å²) < 4.78 is 29.1. The monoisotopic (exact) mass is 791 g/mol. The van der Waals surface area contributed by atoms with Crippen molar-refractivity contribution in [3.05, 3.63) is 46.5 Å². The molecule has 2 fully saturated rings. The van der Waals surface area contributed by atoms with Crippen LogP contribution in [0.15, 0.2) is 35.9 Å². The fourth-order valence-corrected chi connectivity index (χ4v) is 7.24. The van der Waals surface area contributed by atoms with Crippen molar-refractivity contribution in [3.63, 3.8) is 0 Å². The number of methoxy groups -OCH3 is 2. The molecule has 304 valence electrons. The molecule has 8 atom stereocenters. The highest BCUT2D eigenvalue weighted by Gasteiger charge is 2.64. The largest absolute Gasteiger partial charge is 0.495 e. The van der Waals surface area contributed by atoms with Gasteiger partial charge in [-0.25, -0.2) is 9.59 Å². The molecule has 4 N–H and O–H groups in total. The number of halogens is 1. The van der Waals surface area contributed by atoms with Crippen LogP contribution in [-0.2, 0) is 44.5 Å². The second-order valence-electron chi connectivity index (χ2n) is 14.5. The molecule has 3 aliphatic rings. The maximum atomic E-state index is 14.1. The summed E-state index contributed by atoms with van der Waals surface area (Å²) in [5.41, 5.74) is -1.03. The Hall–Kier alpha value is -4.22. The highest BCUT2D eigenvalue weighted by atomic mass is 35.5. The van der Waals surface area contributed by atoms with E-state index in [1.54, 1.807) is 52.2 Å². The number of hydrogen-bond acceptors (Lipinski definition) is 12. The number of epoxide rings is 1. The Balaban J connectivity index is 1.69. The zero-order valence-electron chi connectivity index (χ0n) is 32.9. The highest BCUT2D eigenvalue weighted by molar-refractivity contribution is 6.35. The molecule has 1 aromatic rings. The minimum atomic E-state index is -1.85. The molecule has 4 amide bonds. The van der Waals surface area contributed by atoms with Crippen molar-refractivity contribution < 1.29 is 52.8 Å². The molecule has 8 unspecified atom stereocenters. The van der Waals surface area contributed by atoms with Crippen LogP contribution in [0.1, 0.15) is 52.5 Å². The lowest BCUT2D eigenvalue weighted by Gasteiger charge is -2.42. The first-order chi connectivity index (χ1) is 25.9. The lowest BCUT2D eigenvalue weighted by Crippen LogP contribution is -2.63. The number of anilines is 1. The molecule has 0 spiro atoms. The molecule has 3 aliphatic heterocycles. The van der Waals surface area contributed by atoms with Gasteiger partial charge in [-0.3, -0.25) is 19.7 Å². The fraction of sp³-hybridized carbons (Fsp3) is 0.605. The van der Waals surface area contributed by atoms with Crippen LogP contribution in [0.2, 0.25) is 5.02 Å². The molecule has 3 heterocycles. The third-order valence-corrected chi connectivity index (χ3v) is 10.9. The predicted octanol–water partition coefficient (Wildman–Crippen LogP) is 2.24. The Morgan fingerprint density at radius 2 is 1.95 bits per heavy atom. The van der Waals surface area contributed by atoms with Crippen LogP contribution >= 0.6 is 11.6 Å². The van der Waals surface area contributed by atoms with Crippen molar-refractivity contribution >= 4 is 47.1 Å². The Bertz CT molecular complexity index is 1690. The maximum Gasteiger partial charge on any atom is 0.409 e. The number of esters is 1. The first kappa shape index (κ1) is 43.5. The van der Waals surface area contributed by atoms with E-state index in [1.807, 2.05) is 13.0 Å². The number of benzene rings is 1. The van der Waals surface area contributed by atoms with Gasteiger partial charge in [-0.1, -0.05) is 42.3 Å². The molecule has 4 bridgehead atoms. The van der Waals surface area contributed by atoms with E-state index < -0.39 is 71.6 Å². The predicted molar refractivity (Wildman–Crippen MR) is 203 cm³/mol. The lowest BCUT2D eigenvalue weighted by atomic mass is 9.83. The normalized spacial score (nSPS) is 30.3. The second-order valence-corrected chi connectivity index (χ2v) is 14.9.